The van der Waals surface area contributed by atoms with Gasteiger partial charge in [0.1, 0.15) is 11.4 Å². The topological polar surface area (TPSA) is 160 Å². The second kappa shape index (κ2) is 13.0. The average Bonchev–Trinajstić information content (AvgIpc) is 3.09. The monoisotopic (exact) mass is 484 g/mol. The molecule has 12 heteroatoms. The molecule has 0 unspecified atom stereocenters. The lowest BCUT2D eigenvalue weighted by Crippen LogP contribution is -2.54. The molecule has 32 heavy (non-hydrogen) atoms. The van der Waals surface area contributed by atoms with Crippen LogP contribution < -0.4 is 20.2 Å². The summed E-state index contributed by atoms with van der Waals surface area (Å²) >= 11 is 7.62. The third kappa shape index (κ3) is 10.1. The summed E-state index contributed by atoms with van der Waals surface area (Å²) in [6.45, 7) is 2.79. The van der Waals surface area contributed by atoms with Crippen LogP contribution in [0.1, 0.15) is 17.7 Å². The number of hydrogen-bond acceptors (Lipinski definition) is 11. The molecule has 2 aromatic heterocycles. The summed E-state index contributed by atoms with van der Waals surface area (Å²) in [5.41, 5.74) is -2.97. The van der Waals surface area contributed by atoms with Crippen LogP contribution in [0.25, 0.3) is 0 Å². The number of anilines is 1. The van der Waals surface area contributed by atoms with Gasteiger partial charge in [0, 0.05) is 48.9 Å². The van der Waals surface area contributed by atoms with Crippen LogP contribution in [0.5, 0.6) is 0 Å². The summed E-state index contributed by atoms with van der Waals surface area (Å²) < 4.78 is 0.837. The van der Waals surface area contributed by atoms with E-state index in [1.807, 2.05) is 30.5 Å². The van der Waals surface area contributed by atoms with E-state index in [0.717, 1.165) is 29.8 Å². The number of carbonyl (C=O) groups is 3. The summed E-state index contributed by atoms with van der Waals surface area (Å²) in [5, 5.41) is 38.9. The number of carboxylic acids is 3. The minimum absolute atomic E-state index is 0.837. The highest BCUT2D eigenvalue weighted by Crippen LogP contribution is 2.24. The molecule has 0 amide bonds. The Labute approximate surface area is 194 Å². The molecular weight excluding hydrogens is 462 g/mol. The van der Waals surface area contributed by atoms with Gasteiger partial charge in [-0.2, -0.15) is 0 Å². The van der Waals surface area contributed by atoms with E-state index in [1.165, 1.54) is 4.88 Å². The van der Waals surface area contributed by atoms with Crippen molar-refractivity contribution in [1.29, 1.82) is 0 Å². The highest BCUT2D eigenvalue weighted by atomic mass is 35.5. The summed E-state index contributed by atoms with van der Waals surface area (Å²) in [4.78, 5) is 40.2. The molecule has 0 atom stereocenters. The summed E-state index contributed by atoms with van der Waals surface area (Å²) in [6, 6.07) is 10.0. The highest BCUT2D eigenvalue weighted by molar-refractivity contribution is 7.16. The zero-order valence-electron chi connectivity index (χ0n) is 17.5. The number of pyridine rings is 1. The van der Waals surface area contributed by atoms with Crippen molar-refractivity contribution < 1.29 is 34.8 Å². The second-order valence-electron chi connectivity index (χ2n) is 7.04. The molecule has 0 spiro atoms. The number of aromatic nitrogens is 1. The molecular formula is C20H23ClN3O7S-3. The fourth-order valence-corrected chi connectivity index (χ4v) is 3.55. The number of likely N-dealkylation sites (N-methyl/N-ethyl adjacent to an activating group) is 1. The molecule has 0 aliphatic rings. The number of thiophene rings is 1. The normalized spacial score (nSPS) is 10.9. The molecule has 0 fully saturated rings. The smallest absolute Gasteiger partial charge is 0.128 e. The Morgan fingerprint density at radius 1 is 1.06 bits per heavy atom. The minimum atomic E-state index is -2.97. The first-order chi connectivity index (χ1) is 14.9. The maximum atomic E-state index is 10.1. The number of aliphatic carboxylic acids is 3. The van der Waals surface area contributed by atoms with Gasteiger partial charge in [0.2, 0.25) is 0 Å². The Kier molecular flexibility index (Phi) is 11.1. The molecule has 0 saturated carbocycles. The molecule has 0 aliphatic heterocycles. The van der Waals surface area contributed by atoms with Gasteiger partial charge in [-0.1, -0.05) is 17.7 Å². The molecule has 0 aliphatic carbocycles. The maximum absolute atomic E-state index is 10.1. The summed E-state index contributed by atoms with van der Waals surface area (Å²) in [7, 11) is 4.16. The first-order valence-corrected chi connectivity index (χ1v) is 10.5. The van der Waals surface area contributed by atoms with Crippen LogP contribution in [-0.2, 0) is 20.9 Å². The minimum Gasteiger partial charge on any atom is -0.550 e. The van der Waals surface area contributed by atoms with E-state index in [9.17, 15) is 29.7 Å². The van der Waals surface area contributed by atoms with Crippen LogP contribution in [0.3, 0.4) is 0 Å². The van der Waals surface area contributed by atoms with Gasteiger partial charge in [0.25, 0.3) is 0 Å². The van der Waals surface area contributed by atoms with Crippen molar-refractivity contribution in [2.75, 3.05) is 32.1 Å². The first kappa shape index (κ1) is 27.3. The lowest BCUT2D eigenvalue weighted by Gasteiger charge is -2.29. The lowest BCUT2D eigenvalue weighted by atomic mass is 9.96. The van der Waals surface area contributed by atoms with Gasteiger partial charge < -0.3 is 44.6 Å². The van der Waals surface area contributed by atoms with Gasteiger partial charge in [-0.3, -0.25) is 0 Å². The van der Waals surface area contributed by atoms with Crippen LogP contribution in [0.2, 0.25) is 4.34 Å². The van der Waals surface area contributed by atoms with Gasteiger partial charge in [-0.25, -0.2) is 4.98 Å². The van der Waals surface area contributed by atoms with Gasteiger partial charge in [0.15, 0.2) is 0 Å². The first-order valence-electron chi connectivity index (χ1n) is 9.31. The van der Waals surface area contributed by atoms with E-state index in [1.54, 1.807) is 11.3 Å². The van der Waals surface area contributed by atoms with Gasteiger partial charge >= 0.3 is 0 Å². The summed E-state index contributed by atoms with van der Waals surface area (Å²) in [6.07, 6.45) is -0.883. The van der Waals surface area contributed by atoms with E-state index in [-0.39, 0.29) is 0 Å². The number of hydrogen-bond donors (Lipinski definition) is 1. The molecule has 1 N–H and O–H groups in total. The number of nitrogens with zero attached hydrogens (tertiary/aromatic N) is 3. The van der Waals surface area contributed by atoms with Crippen LogP contribution in [0.15, 0.2) is 36.5 Å². The predicted molar refractivity (Wildman–Crippen MR) is 112 cm³/mol. The molecule has 176 valence electrons. The molecule has 0 aromatic carbocycles. The Bertz CT molecular complexity index is 876. The van der Waals surface area contributed by atoms with Crippen molar-refractivity contribution in [3.63, 3.8) is 0 Å². The van der Waals surface area contributed by atoms with Crippen LogP contribution in [-0.4, -0.2) is 65.7 Å². The third-order valence-corrected chi connectivity index (χ3v) is 5.24. The van der Waals surface area contributed by atoms with Crippen LogP contribution in [0.4, 0.5) is 5.82 Å². The van der Waals surface area contributed by atoms with Crippen molar-refractivity contribution in [2.45, 2.75) is 25.0 Å². The zero-order valence-corrected chi connectivity index (χ0v) is 19.1. The summed E-state index contributed by atoms with van der Waals surface area (Å²) in [5.74, 6) is -4.98. The number of rotatable bonds is 11. The quantitative estimate of drug-likeness (QED) is 0.382. The van der Waals surface area contributed by atoms with Crippen LogP contribution >= 0.6 is 22.9 Å². The van der Waals surface area contributed by atoms with E-state index < -0.39 is 36.4 Å². The predicted octanol–water partition coefficient (Wildman–Crippen LogP) is -1.89. The third-order valence-electron chi connectivity index (χ3n) is 4.02. The molecule has 2 heterocycles. The standard InChI is InChI=1S/C14H18ClN3S.C6H8O7/c1-17(2)9-10-18(14-5-3-4-8-16-14)11-12-6-7-13(15)19-12;7-3(8)1-6(13,5(11)12)2-4(9)10/h3-8H,9-11H2,1-2H3;13H,1-2H2,(H,7,8)(H,9,10)(H,11,12)/p-3. The van der Waals surface area contributed by atoms with Gasteiger partial charge in [-0.05, 0) is 38.4 Å². The lowest BCUT2D eigenvalue weighted by molar-refractivity contribution is -0.339. The number of halogens is 1. The van der Waals surface area contributed by atoms with E-state index in [4.69, 9.17) is 16.7 Å². The Hall–Kier alpha value is -2.73. The molecule has 2 aromatic rings. The fourth-order valence-electron chi connectivity index (χ4n) is 2.45. The Morgan fingerprint density at radius 2 is 1.69 bits per heavy atom. The number of aliphatic hydroxyl groups is 1. The van der Waals surface area contributed by atoms with Crippen molar-refractivity contribution in [1.82, 2.24) is 9.88 Å². The second-order valence-corrected chi connectivity index (χ2v) is 8.83. The number of carbonyl (C=O) groups excluding carboxylic acids is 3. The van der Waals surface area contributed by atoms with Gasteiger partial charge in [0.05, 0.1) is 16.9 Å². The Morgan fingerprint density at radius 3 is 2.09 bits per heavy atom. The van der Waals surface area contributed by atoms with Crippen molar-refractivity contribution in [3.05, 3.63) is 45.7 Å². The molecule has 10 nitrogen and oxygen atoms in total. The van der Waals surface area contributed by atoms with E-state index >= 15 is 0 Å². The van der Waals surface area contributed by atoms with Crippen molar-refractivity contribution in [3.8, 4) is 0 Å². The highest BCUT2D eigenvalue weighted by Gasteiger charge is 2.29. The van der Waals surface area contributed by atoms with Crippen molar-refractivity contribution >= 4 is 46.7 Å². The van der Waals surface area contributed by atoms with Crippen LogP contribution in [0, 0.1) is 0 Å². The fraction of sp³-hybridized carbons (Fsp3) is 0.400. The largest absolute Gasteiger partial charge is 0.550 e. The van der Waals surface area contributed by atoms with Crippen molar-refractivity contribution in [2.24, 2.45) is 0 Å². The molecule has 0 radical (unpaired) electrons. The molecule has 2 rings (SSSR count). The zero-order chi connectivity index (χ0) is 24.3. The van der Waals surface area contributed by atoms with E-state index in [2.05, 4.69) is 34.9 Å². The average molecular weight is 485 g/mol. The van der Waals surface area contributed by atoms with E-state index in [0.29, 0.717) is 0 Å². The Balaban J connectivity index is 0.000000347. The SMILES string of the molecule is CN(C)CCN(Cc1ccc(Cl)s1)c1ccccn1.O=C([O-])CC(O)(CC(=O)[O-])C(=O)[O-]. The number of carboxylic acid groups (broad SMARTS) is 3. The van der Waals surface area contributed by atoms with Gasteiger partial charge in [-0.15, -0.1) is 11.3 Å². The maximum Gasteiger partial charge on any atom is 0.128 e. The molecule has 0 bridgehead atoms. The molecule has 0 saturated heterocycles.